The molecule has 5 heteroatoms. The lowest BCUT2D eigenvalue weighted by molar-refractivity contribution is 0.0600. The third-order valence-electron chi connectivity index (χ3n) is 2.99. The third kappa shape index (κ3) is 2.32. The number of hydrogen-bond donors (Lipinski definition) is 0. The Hall–Kier alpha value is -2.14. The molecule has 0 spiro atoms. The summed E-state index contributed by atoms with van der Waals surface area (Å²) in [4.78, 5) is 16.1. The maximum Gasteiger partial charge on any atom is 0.339 e. The first-order chi connectivity index (χ1) is 9.67. The van der Waals surface area contributed by atoms with Crippen LogP contribution < -0.4 is 0 Å². The fraction of sp³-hybridized carbons (Fsp3) is 0.0667. The molecule has 0 radical (unpaired) electrons. The number of carbonyl (C=O) groups is 1. The van der Waals surface area contributed by atoms with Gasteiger partial charge < -0.3 is 9.14 Å². The van der Waals surface area contributed by atoms with Crippen LogP contribution in [0.4, 0.5) is 0 Å². The molecule has 4 nitrogen and oxygen atoms in total. The predicted octanol–water partition coefficient (Wildman–Crippen LogP) is 3.55. The molecule has 2 heterocycles. The molecule has 3 aromatic rings. The predicted molar refractivity (Wildman–Crippen MR) is 79.7 cm³/mol. The molecule has 0 aliphatic heterocycles. The minimum atomic E-state index is -0.357. The lowest BCUT2D eigenvalue weighted by Crippen LogP contribution is -2.02. The van der Waals surface area contributed by atoms with Gasteiger partial charge in [0.25, 0.3) is 0 Å². The molecular weight excluding hydrogens is 320 g/mol. The summed E-state index contributed by atoms with van der Waals surface area (Å²) < 4.78 is 7.54. The molecule has 0 saturated carbocycles. The van der Waals surface area contributed by atoms with Crippen molar-refractivity contribution >= 4 is 27.5 Å². The summed E-state index contributed by atoms with van der Waals surface area (Å²) in [6.45, 7) is 0. The van der Waals surface area contributed by atoms with Crippen molar-refractivity contribution in [3.8, 4) is 11.3 Å². The van der Waals surface area contributed by atoms with E-state index >= 15 is 0 Å². The van der Waals surface area contributed by atoms with Gasteiger partial charge in [0.2, 0.25) is 0 Å². The smallest absolute Gasteiger partial charge is 0.339 e. The van der Waals surface area contributed by atoms with Crippen LogP contribution in [-0.2, 0) is 4.74 Å². The summed E-state index contributed by atoms with van der Waals surface area (Å²) in [7, 11) is 1.37. The van der Waals surface area contributed by atoms with E-state index < -0.39 is 0 Å². The number of ether oxygens (including phenoxy) is 1. The van der Waals surface area contributed by atoms with Crippen molar-refractivity contribution in [1.29, 1.82) is 0 Å². The van der Waals surface area contributed by atoms with Gasteiger partial charge in [0.1, 0.15) is 5.65 Å². The van der Waals surface area contributed by atoms with E-state index in [0.717, 1.165) is 21.4 Å². The first-order valence-electron chi connectivity index (χ1n) is 6.00. The molecule has 100 valence electrons. The third-order valence-corrected chi connectivity index (χ3v) is 3.49. The Kier molecular flexibility index (Phi) is 3.28. The zero-order valence-corrected chi connectivity index (χ0v) is 12.3. The molecule has 0 atom stereocenters. The van der Waals surface area contributed by atoms with Gasteiger partial charge in [0.05, 0.1) is 18.4 Å². The van der Waals surface area contributed by atoms with Gasteiger partial charge in [-0.05, 0) is 24.3 Å². The minimum absolute atomic E-state index is 0.357. The minimum Gasteiger partial charge on any atom is -0.465 e. The van der Waals surface area contributed by atoms with Crippen LogP contribution in [0.3, 0.4) is 0 Å². The van der Waals surface area contributed by atoms with Crippen molar-refractivity contribution in [3.63, 3.8) is 0 Å². The molecular formula is C15H11BrN2O2. The van der Waals surface area contributed by atoms with Gasteiger partial charge in [-0.2, -0.15) is 0 Å². The van der Waals surface area contributed by atoms with Crippen LogP contribution in [0.1, 0.15) is 10.4 Å². The number of halogens is 1. The van der Waals surface area contributed by atoms with E-state index in [-0.39, 0.29) is 5.97 Å². The Morgan fingerprint density at radius 2 is 2.10 bits per heavy atom. The van der Waals surface area contributed by atoms with E-state index in [4.69, 9.17) is 4.74 Å². The number of benzene rings is 1. The van der Waals surface area contributed by atoms with Crippen molar-refractivity contribution in [3.05, 3.63) is 58.8 Å². The number of fused-ring (bicyclic) bond motifs is 1. The van der Waals surface area contributed by atoms with Gasteiger partial charge in [0, 0.05) is 22.4 Å². The molecule has 0 N–H and O–H groups in total. The summed E-state index contributed by atoms with van der Waals surface area (Å²) in [5, 5.41) is 0. The van der Waals surface area contributed by atoms with Crippen LogP contribution in [0, 0.1) is 0 Å². The van der Waals surface area contributed by atoms with Gasteiger partial charge in [-0.3, -0.25) is 0 Å². The Balaban J connectivity index is 2.09. The normalized spacial score (nSPS) is 10.7. The van der Waals surface area contributed by atoms with Crippen molar-refractivity contribution in [2.24, 2.45) is 0 Å². The highest BCUT2D eigenvalue weighted by atomic mass is 79.9. The van der Waals surface area contributed by atoms with E-state index in [2.05, 4.69) is 20.9 Å². The van der Waals surface area contributed by atoms with Crippen LogP contribution in [0.5, 0.6) is 0 Å². The molecule has 2 aromatic heterocycles. The quantitative estimate of drug-likeness (QED) is 0.675. The van der Waals surface area contributed by atoms with Crippen LogP contribution in [0.2, 0.25) is 0 Å². The summed E-state index contributed by atoms with van der Waals surface area (Å²) in [6, 6.07) is 11.4. The topological polar surface area (TPSA) is 43.6 Å². The summed E-state index contributed by atoms with van der Waals surface area (Å²) in [5.41, 5.74) is 3.15. The highest BCUT2D eigenvalue weighted by molar-refractivity contribution is 9.10. The molecule has 20 heavy (non-hydrogen) atoms. The first-order valence-corrected chi connectivity index (χ1v) is 6.80. The summed E-state index contributed by atoms with van der Waals surface area (Å²) >= 11 is 3.45. The monoisotopic (exact) mass is 330 g/mol. The van der Waals surface area contributed by atoms with E-state index in [1.807, 2.05) is 34.9 Å². The zero-order chi connectivity index (χ0) is 14.1. The SMILES string of the molecule is COC(=O)c1ccc2nc(-c3cccc(Br)c3)cn2c1. The standard InChI is InChI=1S/C15H11BrN2O2/c1-20-15(19)11-5-6-14-17-13(9-18(14)8-11)10-3-2-4-12(16)7-10/h2-9H,1H3. The second-order valence-corrected chi connectivity index (χ2v) is 5.23. The van der Waals surface area contributed by atoms with E-state index in [9.17, 15) is 4.79 Å². The van der Waals surface area contributed by atoms with Crippen molar-refractivity contribution < 1.29 is 9.53 Å². The van der Waals surface area contributed by atoms with Gasteiger partial charge >= 0.3 is 5.97 Å². The average molecular weight is 331 g/mol. The molecule has 1 aromatic carbocycles. The first kappa shape index (κ1) is 12.9. The van der Waals surface area contributed by atoms with E-state index in [1.165, 1.54) is 7.11 Å². The molecule has 3 rings (SSSR count). The number of aromatic nitrogens is 2. The fourth-order valence-corrected chi connectivity index (χ4v) is 2.42. The van der Waals surface area contributed by atoms with E-state index in [1.54, 1.807) is 18.3 Å². The lowest BCUT2D eigenvalue weighted by atomic mass is 10.2. The van der Waals surface area contributed by atoms with Crippen LogP contribution >= 0.6 is 15.9 Å². The van der Waals surface area contributed by atoms with Crippen LogP contribution in [0.25, 0.3) is 16.9 Å². The number of methoxy groups -OCH3 is 1. The van der Waals surface area contributed by atoms with Crippen molar-refractivity contribution in [2.45, 2.75) is 0 Å². The zero-order valence-electron chi connectivity index (χ0n) is 10.7. The van der Waals surface area contributed by atoms with Gasteiger partial charge in [-0.15, -0.1) is 0 Å². The summed E-state index contributed by atoms with van der Waals surface area (Å²) in [5.74, 6) is -0.357. The lowest BCUT2D eigenvalue weighted by Gasteiger charge is -1.99. The number of imidazole rings is 1. The maximum atomic E-state index is 11.5. The number of carbonyl (C=O) groups excluding carboxylic acids is 1. The molecule has 0 amide bonds. The number of hydrogen-bond acceptors (Lipinski definition) is 3. The Morgan fingerprint density at radius 3 is 2.85 bits per heavy atom. The second-order valence-electron chi connectivity index (χ2n) is 4.31. The highest BCUT2D eigenvalue weighted by Crippen LogP contribution is 2.23. The van der Waals surface area contributed by atoms with Gasteiger partial charge in [0.15, 0.2) is 0 Å². The molecule has 0 aliphatic rings. The molecule has 0 fully saturated rings. The number of pyridine rings is 1. The van der Waals surface area contributed by atoms with Crippen molar-refractivity contribution in [2.75, 3.05) is 7.11 Å². The molecule has 0 unspecified atom stereocenters. The number of nitrogens with zero attached hydrogens (tertiary/aromatic N) is 2. The van der Waals surface area contributed by atoms with E-state index in [0.29, 0.717) is 5.56 Å². The maximum absolute atomic E-state index is 11.5. The molecule has 0 saturated heterocycles. The second kappa shape index (κ2) is 5.09. The Bertz CT molecular complexity index is 795. The van der Waals surface area contributed by atoms with Gasteiger partial charge in [-0.25, -0.2) is 9.78 Å². The highest BCUT2D eigenvalue weighted by Gasteiger charge is 2.09. The molecule has 0 aliphatic carbocycles. The summed E-state index contributed by atoms with van der Waals surface area (Å²) in [6.07, 6.45) is 3.61. The van der Waals surface area contributed by atoms with Crippen LogP contribution in [-0.4, -0.2) is 22.5 Å². The van der Waals surface area contributed by atoms with Gasteiger partial charge in [-0.1, -0.05) is 28.1 Å². The van der Waals surface area contributed by atoms with Crippen LogP contribution in [0.15, 0.2) is 53.3 Å². The largest absolute Gasteiger partial charge is 0.465 e. The van der Waals surface area contributed by atoms with Crippen molar-refractivity contribution in [1.82, 2.24) is 9.38 Å². The Morgan fingerprint density at radius 1 is 1.25 bits per heavy atom. The molecule has 0 bridgehead atoms. The fourth-order valence-electron chi connectivity index (χ4n) is 2.02. The Labute approximate surface area is 124 Å². The average Bonchev–Trinajstić information content (AvgIpc) is 2.89. The number of rotatable bonds is 2. The number of esters is 1.